The molecule has 0 fully saturated rings. The second kappa shape index (κ2) is 6.71. The van der Waals surface area contributed by atoms with Gasteiger partial charge < -0.3 is 15.3 Å². The molecule has 124 valence electrons. The van der Waals surface area contributed by atoms with Crippen molar-refractivity contribution < 1.29 is 9.90 Å². The predicted molar refractivity (Wildman–Crippen MR) is 95.3 cm³/mol. The maximum absolute atomic E-state index is 12.5. The summed E-state index contributed by atoms with van der Waals surface area (Å²) in [6, 6.07) is 5.07. The number of likely N-dealkylation sites (N-methyl/N-ethyl adjacent to an activating group) is 1. The molecule has 2 aliphatic rings. The Morgan fingerprint density at radius 3 is 2.75 bits per heavy atom. The molecule has 2 aliphatic heterocycles. The molecule has 0 aliphatic carbocycles. The molecular weight excluding hydrogens is 349 g/mol. The summed E-state index contributed by atoms with van der Waals surface area (Å²) in [5.74, 6) is -0.528. The Balaban J connectivity index is 1.78. The largest absolute Gasteiger partial charge is 0.504 e. The van der Waals surface area contributed by atoms with E-state index in [0.717, 1.165) is 11.1 Å². The quantitative estimate of drug-likeness (QED) is 0.866. The summed E-state index contributed by atoms with van der Waals surface area (Å²) in [5.41, 5.74) is 2.14. The average molecular weight is 364 g/mol. The molecule has 0 unspecified atom stereocenters. The van der Waals surface area contributed by atoms with E-state index in [-0.39, 0.29) is 18.0 Å². The van der Waals surface area contributed by atoms with Gasteiger partial charge in [-0.05, 0) is 23.8 Å². The Morgan fingerprint density at radius 1 is 1.33 bits per heavy atom. The molecule has 5 nitrogen and oxygen atoms in total. The van der Waals surface area contributed by atoms with Gasteiger partial charge in [0, 0.05) is 35.4 Å². The van der Waals surface area contributed by atoms with Gasteiger partial charge in [-0.1, -0.05) is 35.4 Å². The lowest BCUT2D eigenvalue weighted by Gasteiger charge is -2.26. The van der Waals surface area contributed by atoms with E-state index in [2.05, 4.69) is 10.3 Å². The van der Waals surface area contributed by atoms with Crippen molar-refractivity contribution in [2.45, 2.75) is 6.54 Å². The summed E-state index contributed by atoms with van der Waals surface area (Å²) >= 11 is 11.9. The molecule has 0 aromatic heterocycles. The fraction of sp³-hybridized carbons (Fsp3) is 0.176. The number of carbonyl (C=O) groups excluding carboxylic acids is 1. The Hall–Kier alpha value is -2.24. The van der Waals surface area contributed by atoms with Crippen LogP contribution in [0.15, 0.2) is 58.6 Å². The zero-order valence-electron chi connectivity index (χ0n) is 12.9. The average Bonchev–Trinajstić information content (AvgIpc) is 2.52. The minimum Gasteiger partial charge on any atom is -0.504 e. The maximum atomic E-state index is 12.5. The number of nitrogens with zero attached hydrogens (tertiary/aromatic N) is 2. The van der Waals surface area contributed by atoms with Crippen LogP contribution in [0.5, 0.6) is 0 Å². The minimum absolute atomic E-state index is 0.124. The Morgan fingerprint density at radius 2 is 2.04 bits per heavy atom. The summed E-state index contributed by atoms with van der Waals surface area (Å²) in [7, 11) is 1.70. The summed E-state index contributed by atoms with van der Waals surface area (Å²) in [6.45, 7) is 0.725. The number of hydrogen-bond acceptors (Lipinski definition) is 4. The number of benzene rings is 1. The highest BCUT2D eigenvalue weighted by atomic mass is 35.5. The van der Waals surface area contributed by atoms with E-state index < -0.39 is 5.91 Å². The normalized spacial score (nSPS) is 16.5. The Kier molecular flexibility index (Phi) is 4.64. The first-order valence-corrected chi connectivity index (χ1v) is 8.04. The molecule has 7 heteroatoms. The third-order valence-electron chi connectivity index (χ3n) is 3.65. The van der Waals surface area contributed by atoms with Crippen molar-refractivity contribution in [1.82, 2.24) is 10.2 Å². The van der Waals surface area contributed by atoms with Crippen LogP contribution in [-0.2, 0) is 11.3 Å². The first-order chi connectivity index (χ1) is 11.5. The molecule has 1 aromatic carbocycles. The molecule has 0 saturated heterocycles. The van der Waals surface area contributed by atoms with Gasteiger partial charge >= 0.3 is 0 Å². The number of amides is 1. The number of allylic oxidation sites excluding steroid dienone is 2. The second-order valence-electron chi connectivity index (χ2n) is 5.44. The van der Waals surface area contributed by atoms with Gasteiger partial charge in [-0.2, -0.15) is 0 Å². The molecular formula is C17H15Cl2N3O2. The Bertz CT molecular complexity index is 805. The van der Waals surface area contributed by atoms with Crippen molar-refractivity contribution >= 4 is 34.8 Å². The highest BCUT2D eigenvalue weighted by Crippen LogP contribution is 2.24. The third-order valence-corrected chi connectivity index (χ3v) is 4.09. The van der Waals surface area contributed by atoms with Crippen LogP contribution in [0.2, 0.25) is 10.0 Å². The van der Waals surface area contributed by atoms with E-state index in [4.69, 9.17) is 23.2 Å². The van der Waals surface area contributed by atoms with Crippen LogP contribution in [0.3, 0.4) is 0 Å². The van der Waals surface area contributed by atoms with Crippen LogP contribution in [0, 0.1) is 0 Å². The lowest BCUT2D eigenvalue weighted by Crippen LogP contribution is -2.36. The first-order valence-electron chi connectivity index (χ1n) is 7.28. The van der Waals surface area contributed by atoms with Crippen molar-refractivity contribution in [1.29, 1.82) is 0 Å². The SMILES string of the molecule is CN1C=C2C=CCN=C2C(O)=C1C(=O)NCc1cc(Cl)cc(Cl)c1. The number of dihydropyridines is 1. The zero-order chi connectivity index (χ0) is 17.3. The molecule has 0 bridgehead atoms. The number of fused-ring (bicyclic) bond motifs is 1. The highest BCUT2D eigenvalue weighted by Gasteiger charge is 2.28. The standard InChI is InChI=1S/C17H15Cl2N3O2/c1-22-9-11-3-2-4-20-14(11)16(23)15(22)17(24)21-8-10-5-12(18)7-13(19)6-10/h2-3,5-7,9,23H,4,8H2,1H3,(H,21,24). The van der Waals surface area contributed by atoms with Crippen LogP contribution < -0.4 is 5.32 Å². The number of aliphatic hydroxyl groups is 1. The predicted octanol–water partition coefficient (Wildman–Crippen LogP) is 3.22. The van der Waals surface area contributed by atoms with Gasteiger partial charge in [0.25, 0.3) is 5.91 Å². The van der Waals surface area contributed by atoms with Gasteiger partial charge in [-0.3, -0.25) is 9.79 Å². The van der Waals surface area contributed by atoms with Crippen molar-refractivity contribution in [3.05, 3.63) is 69.2 Å². The van der Waals surface area contributed by atoms with Gasteiger partial charge in [0.1, 0.15) is 5.71 Å². The topological polar surface area (TPSA) is 64.9 Å². The number of hydrogen-bond donors (Lipinski definition) is 2. The number of halogens is 2. The van der Waals surface area contributed by atoms with Gasteiger partial charge in [0.05, 0.1) is 6.54 Å². The summed E-state index contributed by atoms with van der Waals surface area (Å²) < 4.78 is 0. The van der Waals surface area contributed by atoms with Gasteiger partial charge in [0.2, 0.25) is 0 Å². The fourth-order valence-electron chi connectivity index (χ4n) is 2.61. The smallest absolute Gasteiger partial charge is 0.272 e. The second-order valence-corrected chi connectivity index (χ2v) is 6.32. The maximum Gasteiger partial charge on any atom is 0.272 e. The number of rotatable bonds is 3. The van der Waals surface area contributed by atoms with E-state index in [0.29, 0.717) is 22.3 Å². The molecule has 0 atom stereocenters. The van der Waals surface area contributed by atoms with Crippen LogP contribution in [0.25, 0.3) is 0 Å². The number of carbonyl (C=O) groups is 1. The number of aliphatic imine (C=N–C) groups is 1. The van der Waals surface area contributed by atoms with E-state index >= 15 is 0 Å². The molecule has 0 spiro atoms. The molecule has 1 amide bonds. The van der Waals surface area contributed by atoms with Crippen LogP contribution in [-0.4, -0.2) is 35.2 Å². The van der Waals surface area contributed by atoms with Gasteiger partial charge in [0.15, 0.2) is 11.5 Å². The molecule has 1 aromatic rings. The fourth-order valence-corrected chi connectivity index (χ4v) is 3.18. The first kappa shape index (κ1) is 16.6. The zero-order valence-corrected chi connectivity index (χ0v) is 14.4. The van der Waals surface area contributed by atoms with Gasteiger partial charge in [-0.15, -0.1) is 0 Å². The lowest BCUT2D eigenvalue weighted by atomic mass is 10.0. The monoisotopic (exact) mass is 363 g/mol. The Labute approximate surface area is 149 Å². The van der Waals surface area contributed by atoms with Crippen LogP contribution in [0.4, 0.5) is 0 Å². The molecule has 0 saturated carbocycles. The van der Waals surface area contributed by atoms with Crippen LogP contribution >= 0.6 is 23.2 Å². The third kappa shape index (κ3) is 3.32. The molecule has 3 rings (SSSR count). The van der Waals surface area contributed by atoms with Gasteiger partial charge in [-0.25, -0.2) is 0 Å². The van der Waals surface area contributed by atoms with E-state index in [1.807, 2.05) is 12.2 Å². The molecule has 0 radical (unpaired) electrons. The highest BCUT2D eigenvalue weighted by molar-refractivity contribution is 6.34. The number of aliphatic hydroxyl groups excluding tert-OH is 1. The van der Waals surface area contributed by atoms with Crippen molar-refractivity contribution in [2.75, 3.05) is 13.6 Å². The van der Waals surface area contributed by atoms with Crippen LogP contribution in [0.1, 0.15) is 5.56 Å². The lowest BCUT2D eigenvalue weighted by molar-refractivity contribution is -0.119. The molecule has 24 heavy (non-hydrogen) atoms. The van der Waals surface area contributed by atoms with E-state index in [1.54, 1.807) is 36.3 Å². The van der Waals surface area contributed by atoms with E-state index in [9.17, 15) is 9.90 Å². The van der Waals surface area contributed by atoms with E-state index in [1.165, 1.54) is 0 Å². The summed E-state index contributed by atoms with van der Waals surface area (Å²) in [5, 5.41) is 14.2. The van der Waals surface area contributed by atoms with Crippen molar-refractivity contribution in [2.24, 2.45) is 4.99 Å². The van der Waals surface area contributed by atoms with Crippen molar-refractivity contribution in [3.63, 3.8) is 0 Å². The summed E-state index contributed by atoms with van der Waals surface area (Å²) in [4.78, 5) is 18.3. The summed E-state index contributed by atoms with van der Waals surface area (Å²) in [6.07, 6.45) is 5.53. The molecule has 2 heterocycles. The van der Waals surface area contributed by atoms with Crippen molar-refractivity contribution in [3.8, 4) is 0 Å². The number of nitrogens with one attached hydrogen (secondary N) is 1. The molecule has 2 N–H and O–H groups in total. The minimum atomic E-state index is -0.404.